The fourth-order valence-corrected chi connectivity index (χ4v) is 3.43. The van der Waals surface area contributed by atoms with Crippen LogP contribution in [0.5, 0.6) is 0 Å². The summed E-state index contributed by atoms with van der Waals surface area (Å²) in [6, 6.07) is 10.0. The lowest BCUT2D eigenvalue weighted by Crippen LogP contribution is -2.33. The van der Waals surface area contributed by atoms with Gasteiger partial charge in [-0.25, -0.2) is 0 Å². The van der Waals surface area contributed by atoms with Crippen molar-refractivity contribution in [2.45, 2.75) is 38.1 Å². The third kappa shape index (κ3) is 4.03. The van der Waals surface area contributed by atoms with Crippen LogP contribution in [0, 0.1) is 5.92 Å². The number of hydrogen-bond acceptors (Lipinski definition) is 3. The summed E-state index contributed by atoms with van der Waals surface area (Å²) in [5, 5.41) is 12.5. The molecule has 2 N–H and O–H groups in total. The van der Waals surface area contributed by atoms with Gasteiger partial charge in [0.05, 0.1) is 0 Å². The van der Waals surface area contributed by atoms with Gasteiger partial charge in [-0.2, -0.15) is 0 Å². The van der Waals surface area contributed by atoms with Gasteiger partial charge in [-0.3, -0.25) is 9.78 Å². The van der Waals surface area contributed by atoms with E-state index in [1.165, 1.54) is 12.8 Å². The summed E-state index contributed by atoms with van der Waals surface area (Å²) in [5.74, 6) is -0.0925. The maximum absolute atomic E-state index is 12.5. The molecule has 2 heterocycles. The minimum Gasteiger partial charge on any atom is -0.396 e. The first kappa shape index (κ1) is 16.7. The molecule has 1 unspecified atom stereocenters. The quantitative estimate of drug-likeness (QED) is 0.821. The topological polar surface area (TPSA) is 67.2 Å². The second kappa shape index (κ2) is 8.11. The van der Waals surface area contributed by atoms with E-state index in [2.05, 4.69) is 14.9 Å². The van der Waals surface area contributed by atoms with Gasteiger partial charge in [0.25, 0.3) is 5.91 Å². The number of pyridine rings is 1. The number of aliphatic hydroxyl groups is 1. The largest absolute Gasteiger partial charge is 0.396 e. The van der Waals surface area contributed by atoms with E-state index in [0.717, 1.165) is 24.2 Å². The van der Waals surface area contributed by atoms with E-state index < -0.39 is 0 Å². The van der Waals surface area contributed by atoms with Crippen LogP contribution < -0.4 is 5.32 Å². The SMILES string of the molecule is O=C(NCC(CO)Cc1ccccn1)c1cccn1C1CCCC1. The molecule has 0 radical (unpaired) electrons. The fraction of sp³-hybridized carbons (Fsp3) is 0.474. The first-order valence-corrected chi connectivity index (χ1v) is 8.73. The molecule has 1 atom stereocenters. The lowest BCUT2D eigenvalue weighted by Gasteiger charge is -2.18. The van der Waals surface area contributed by atoms with E-state index in [9.17, 15) is 9.90 Å². The zero-order valence-electron chi connectivity index (χ0n) is 13.9. The van der Waals surface area contributed by atoms with E-state index in [4.69, 9.17) is 0 Å². The van der Waals surface area contributed by atoms with Crippen molar-refractivity contribution in [3.8, 4) is 0 Å². The van der Waals surface area contributed by atoms with Crippen LogP contribution in [-0.4, -0.2) is 33.7 Å². The smallest absolute Gasteiger partial charge is 0.267 e. The monoisotopic (exact) mass is 327 g/mol. The van der Waals surface area contributed by atoms with Crippen molar-refractivity contribution in [3.63, 3.8) is 0 Å². The highest BCUT2D eigenvalue weighted by Gasteiger charge is 2.21. The van der Waals surface area contributed by atoms with Crippen molar-refractivity contribution in [2.24, 2.45) is 5.92 Å². The standard InChI is InChI=1S/C19H25N3O2/c23-14-15(12-16-6-3-4-10-20-16)13-21-19(24)18-9-5-11-22(18)17-7-1-2-8-17/h3-6,9-11,15,17,23H,1-2,7-8,12-14H2,(H,21,24). The van der Waals surface area contributed by atoms with Crippen molar-refractivity contribution in [1.29, 1.82) is 0 Å². The third-order valence-electron chi connectivity index (χ3n) is 4.76. The van der Waals surface area contributed by atoms with Gasteiger partial charge in [0.15, 0.2) is 0 Å². The molecule has 0 aliphatic heterocycles. The Morgan fingerprint density at radius 1 is 1.29 bits per heavy atom. The molecule has 2 aromatic rings. The summed E-state index contributed by atoms with van der Waals surface area (Å²) >= 11 is 0. The zero-order valence-corrected chi connectivity index (χ0v) is 13.9. The molecule has 1 aliphatic rings. The Kier molecular flexibility index (Phi) is 5.64. The first-order valence-electron chi connectivity index (χ1n) is 8.73. The summed E-state index contributed by atoms with van der Waals surface area (Å²) in [4.78, 5) is 16.8. The van der Waals surface area contributed by atoms with Crippen LogP contribution >= 0.6 is 0 Å². The molecule has 1 amide bonds. The highest BCUT2D eigenvalue weighted by molar-refractivity contribution is 5.92. The zero-order chi connectivity index (χ0) is 16.8. The summed E-state index contributed by atoms with van der Waals surface area (Å²) < 4.78 is 2.11. The van der Waals surface area contributed by atoms with E-state index in [1.54, 1.807) is 6.20 Å². The van der Waals surface area contributed by atoms with Gasteiger partial charge in [0, 0.05) is 43.2 Å². The van der Waals surface area contributed by atoms with Gasteiger partial charge in [0.1, 0.15) is 5.69 Å². The van der Waals surface area contributed by atoms with Crippen LogP contribution in [-0.2, 0) is 6.42 Å². The van der Waals surface area contributed by atoms with Crippen LogP contribution in [0.1, 0.15) is 47.9 Å². The first-order chi connectivity index (χ1) is 11.8. The molecule has 5 nitrogen and oxygen atoms in total. The summed E-state index contributed by atoms with van der Waals surface area (Å²) in [6.07, 6.45) is 9.17. The molecule has 1 saturated carbocycles. The van der Waals surface area contributed by atoms with E-state index >= 15 is 0 Å². The average Bonchev–Trinajstić information content (AvgIpc) is 3.29. The van der Waals surface area contributed by atoms with Crippen molar-refractivity contribution >= 4 is 5.91 Å². The Hall–Kier alpha value is -2.14. The number of aliphatic hydroxyl groups excluding tert-OH is 1. The molecule has 0 aromatic carbocycles. The number of aromatic nitrogens is 2. The van der Waals surface area contributed by atoms with Gasteiger partial charge < -0.3 is 15.0 Å². The minimum absolute atomic E-state index is 0.0283. The van der Waals surface area contributed by atoms with Crippen LogP contribution in [0.3, 0.4) is 0 Å². The molecule has 3 rings (SSSR count). The Labute approximate surface area is 142 Å². The fourth-order valence-electron chi connectivity index (χ4n) is 3.43. The highest BCUT2D eigenvalue weighted by atomic mass is 16.3. The van der Waals surface area contributed by atoms with Gasteiger partial charge in [-0.1, -0.05) is 18.9 Å². The Bertz CT molecular complexity index is 648. The van der Waals surface area contributed by atoms with Crippen molar-refractivity contribution in [2.75, 3.05) is 13.2 Å². The number of hydrogen-bond donors (Lipinski definition) is 2. The molecule has 1 aliphatic carbocycles. The van der Waals surface area contributed by atoms with Gasteiger partial charge in [-0.15, -0.1) is 0 Å². The second-order valence-electron chi connectivity index (χ2n) is 6.52. The summed E-state index contributed by atoms with van der Waals surface area (Å²) in [6.45, 7) is 0.474. The number of nitrogens with one attached hydrogen (secondary N) is 1. The van der Waals surface area contributed by atoms with E-state index in [0.29, 0.717) is 19.0 Å². The molecule has 0 spiro atoms. The molecule has 0 saturated heterocycles. The molecular formula is C19H25N3O2. The molecule has 128 valence electrons. The van der Waals surface area contributed by atoms with E-state index in [1.807, 2.05) is 36.5 Å². The van der Waals surface area contributed by atoms with Gasteiger partial charge >= 0.3 is 0 Å². The maximum Gasteiger partial charge on any atom is 0.267 e. The number of rotatable bonds is 7. The van der Waals surface area contributed by atoms with Crippen molar-refractivity contribution < 1.29 is 9.90 Å². The Morgan fingerprint density at radius 2 is 2.12 bits per heavy atom. The van der Waals surface area contributed by atoms with Crippen molar-refractivity contribution in [3.05, 3.63) is 54.1 Å². The summed E-state index contributed by atoms with van der Waals surface area (Å²) in [7, 11) is 0. The predicted octanol–water partition coefficient (Wildman–Crippen LogP) is 2.58. The van der Waals surface area contributed by atoms with Crippen LogP contribution in [0.25, 0.3) is 0 Å². The van der Waals surface area contributed by atoms with Crippen molar-refractivity contribution in [1.82, 2.24) is 14.9 Å². The number of carbonyl (C=O) groups is 1. The summed E-state index contributed by atoms with van der Waals surface area (Å²) in [5.41, 5.74) is 1.65. The Morgan fingerprint density at radius 3 is 2.83 bits per heavy atom. The lowest BCUT2D eigenvalue weighted by atomic mass is 10.0. The Balaban J connectivity index is 1.57. The van der Waals surface area contributed by atoms with E-state index in [-0.39, 0.29) is 18.4 Å². The third-order valence-corrected chi connectivity index (χ3v) is 4.76. The van der Waals surface area contributed by atoms with Crippen LogP contribution in [0.2, 0.25) is 0 Å². The number of carbonyl (C=O) groups excluding carboxylic acids is 1. The minimum atomic E-state index is -0.0635. The predicted molar refractivity (Wildman–Crippen MR) is 92.8 cm³/mol. The number of amides is 1. The molecule has 0 bridgehead atoms. The van der Waals surface area contributed by atoms with Gasteiger partial charge in [-0.05, 0) is 43.5 Å². The molecule has 24 heavy (non-hydrogen) atoms. The molecule has 5 heteroatoms. The molecular weight excluding hydrogens is 302 g/mol. The maximum atomic E-state index is 12.5. The van der Waals surface area contributed by atoms with Crippen LogP contribution in [0.4, 0.5) is 0 Å². The average molecular weight is 327 g/mol. The number of nitrogens with zero attached hydrogens (tertiary/aromatic N) is 2. The molecule has 2 aromatic heterocycles. The second-order valence-corrected chi connectivity index (χ2v) is 6.52. The molecule has 1 fully saturated rings. The van der Waals surface area contributed by atoms with Gasteiger partial charge in [0.2, 0.25) is 0 Å². The lowest BCUT2D eigenvalue weighted by molar-refractivity contribution is 0.0928. The normalized spacial score (nSPS) is 16.2. The highest BCUT2D eigenvalue weighted by Crippen LogP contribution is 2.30. The van der Waals surface area contributed by atoms with Crippen LogP contribution in [0.15, 0.2) is 42.7 Å².